The average molecular weight is 259 g/mol. The quantitative estimate of drug-likeness (QED) is 0.776. The lowest BCUT2D eigenvalue weighted by atomic mass is 10.2. The number of benzene rings is 1. The summed E-state index contributed by atoms with van der Waals surface area (Å²) in [6.07, 6.45) is 1.57. The summed E-state index contributed by atoms with van der Waals surface area (Å²) in [6.45, 7) is 1.14. The van der Waals surface area contributed by atoms with E-state index in [1.54, 1.807) is 17.2 Å². The van der Waals surface area contributed by atoms with Crippen LogP contribution in [0.1, 0.15) is 21.5 Å². The van der Waals surface area contributed by atoms with Crippen molar-refractivity contribution in [2.24, 2.45) is 0 Å². The zero-order chi connectivity index (χ0) is 12.5. The van der Waals surface area contributed by atoms with Gasteiger partial charge in [-0.15, -0.1) is 0 Å². The van der Waals surface area contributed by atoms with Crippen LogP contribution in [0.3, 0.4) is 0 Å². The molecule has 0 bridgehead atoms. The molecule has 18 heavy (non-hydrogen) atoms. The van der Waals surface area contributed by atoms with Gasteiger partial charge in [-0.1, -0.05) is 41.9 Å². The van der Waals surface area contributed by atoms with Crippen LogP contribution in [-0.2, 0) is 13.1 Å². The molecule has 2 aromatic rings. The Labute approximate surface area is 110 Å². The summed E-state index contributed by atoms with van der Waals surface area (Å²) in [4.78, 5) is 18.0. The van der Waals surface area contributed by atoms with Crippen LogP contribution in [0.25, 0.3) is 0 Å². The molecule has 90 valence electrons. The van der Waals surface area contributed by atoms with Crippen molar-refractivity contribution < 1.29 is 4.79 Å². The Kier molecular flexibility index (Phi) is 2.76. The Bertz CT molecular complexity index is 598. The number of rotatable bonds is 2. The summed E-state index contributed by atoms with van der Waals surface area (Å²) in [6, 6.07) is 11.7. The van der Waals surface area contributed by atoms with Gasteiger partial charge in [0.05, 0.1) is 6.54 Å². The second-order valence-electron chi connectivity index (χ2n) is 4.27. The Balaban J connectivity index is 1.87. The van der Waals surface area contributed by atoms with E-state index in [9.17, 15) is 4.79 Å². The van der Waals surface area contributed by atoms with Crippen molar-refractivity contribution in [3.8, 4) is 0 Å². The molecule has 0 radical (unpaired) electrons. The molecule has 0 spiro atoms. The first-order valence-corrected chi connectivity index (χ1v) is 6.10. The summed E-state index contributed by atoms with van der Waals surface area (Å²) >= 11 is 6.01. The van der Waals surface area contributed by atoms with Crippen molar-refractivity contribution in [2.45, 2.75) is 13.1 Å². The molecule has 0 unspecified atom stereocenters. The maximum Gasteiger partial charge on any atom is 0.254 e. The van der Waals surface area contributed by atoms with Gasteiger partial charge in [0.15, 0.2) is 0 Å². The molecule has 1 amide bonds. The number of carbonyl (C=O) groups excluding carboxylic acids is 1. The standard InChI is InChI=1S/C14H11ClN2O/c15-13-12-9-17(8-10-4-2-1-3-5-10)14(18)11(12)6-7-16-13/h1-7H,8-9H2. The lowest BCUT2D eigenvalue weighted by Gasteiger charge is -2.15. The van der Waals surface area contributed by atoms with Gasteiger partial charge in [0, 0.05) is 23.9 Å². The van der Waals surface area contributed by atoms with Crippen LogP contribution in [0.2, 0.25) is 5.15 Å². The molecule has 0 fully saturated rings. The van der Waals surface area contributed by atoms with Crippen molar-refractivity contribution in [1.82, 2.24) is 9.88 Å². The molecule has 1 aromatic heterocycles. The fourth-order valence-corrected chi connectivity index (χ4v) is 2.40. The Morgan fingerprint density at radius 1 is 1.22 bits per heavy atom. The second-order valence-corrected chi connectivity index (χ2v) is 4.63. The number of nitrogens with zero attached hydrogens (tertiary/aromatic N) is 2. The van der Waals surface area contributed by atoms with Gasteiger partial charge >= 0.3 is 0 Å². The lowest BCUT2D eigenvalue weighted by Crippen LogP contribution is -2.23. The average Bonchev–Trinajstić information content (AvgIpc) is 2.70. The third kappa shape index (κ3) is 1.87. The van der Waals surface area contributed by atoms with Gasteiger partial charge < -0.3 is 4.90 Å². The van der Waals surface area contributed by atoms with Crippen molar-refractivity contribution in [2.75, 3.05) is 0 Å². The van der Waals surface area contributed by atoms with Crippen LogP contribution >= 0.6 is 11.6 Å². The molecular weight excluding hydrogens is 248 g/mol. The fraction of sp³-hybridized carbons (Fsp3) is 0.143. The summed E-state index contributed by atoms with van der Waals surface area (Å²) < 4.78 is 0. The fourth-order valence-electron chi connectivity index (χ4n) is 2.18. The highest BCUT2D eigenvalue weighted by Gasteiger charge is 2.29. The van der Waals surface area contributed by atoms with E-state index in [0.29, 0.717) is 23.8 Å². The third-order valence-electron chi connectivity index (χ3n) is 3.09. The number of pyridine rings is 1. The first-order chi connectivity index (χ1) is 8.75. The Hall–Kier alpha value is -1.87. The molecule has 1 aliphatic heterocycles. The van der Waals surface area contributed by atoms with Gasteiger partial charge in [-0.3, -0.25) is 4.79 Å². The molecule has 1 aliphatic rings. The van der Waals surface area contributed by atoms with Crippen molar-refractivity contribution in [3.63, 3.8) is 0 Å². The number of amides is 1. The van der Waals surface area contributed by atoms with Crippen LogP contribution < -0.4 is 0 Å². The van der Waals surface area contributed by atoms with Crippen LogP contribution in [0, 0.1) is 0 Å². The van der Waals surface area contributed by atoms with E-state index in [1.807, 2.05) is 30.3 Å². The molecule has 4 heteroatoms. The van der Waals surface area contributed by atoms with Crippen molar-refractivity contribution >= 4 is 17.5 Å². The summed E-state index contributed by atoms with van der Waals surface area (Å²) in [5, 5.41) is 0.427. The minimum absolute atomic E-state index is 0.0261. The molecule has 0 saturated carbocycles. The summed E-state index contributed by atoms with van der Waals surface area (Å²) in [7, 11) is 0. The number of halogens is 1. The van der Waals surface area contributed by atoms with Crippen LogP contribution in [0.5, 0.6) is 0 Å². The molecule has 0 saturated heterocycles. The normalized spacial score (nSPS) is 13.8. The largest absolute Gasteiger partial charge is 0.330 e. The highest BCUT2D eigenvalue weighted by atomic mass is 35.5. The molecule has 2 heterocycles. The minimum Gasteiger partial charge on any atom is -0.330 e. The number of carbonyl (C=O) groups is 1. The summed E-state index contributed by atoms with van der Waals surface area (Å²) in [5.74, 6) is 0.0261. The van der Waals surface area contributed by atoms with E-state index in [2.05, 4.69) is 4.98 Å². The molecule has 1 aromatic carbocycles. The highest BCUT2D eigenvalue weighted by Crippen LogP contribution is 2.28. The minimum atomic E-state index is 0.0261. The molecule has 3 nitrogen and oxygen atoms in total. The predicted octanol–water partition coefficient (Wildman–Crippen LogP) is 2.89. The zero-order valence-corrected chi connectivity index (χ0v) is 10.4. The molecule has 0 aliphatic carbocycles. The Morgan fingerprint density at radius 2 is 2.00 bits per heavy atom. The molecule has 0 N–H and O–H groups in total. The zero-order valence-electron chi connectivity index (χ0n) is 9.64. The second kappa shape index (κ2) is 4.42. The number of fused-ring (bicyclic) bond motifs is 1. The maximum absolute atomic E-state index is 12.2. The molecular formula is C14H11ClN2O. The van der Waals surface area contributed by atoms with E-state index >= 15 is 0 Å². The van der Waals surface area contributed by atoms with Gasteiger partial charge in [0.1, 0.15) is 5.15 Å². The Morgan fingerprint density at radius 3 is 2.72 bits per heavy atom. The summed E-state index contributed by atoms with van der Waals surface area (Å²) in [5.41, 5.74) is 2.62. The van der Waals surface area contributed by atoms with Crippen LogP contribution in [0.15, 0.2) is 42.6 Å². The van der Waals surface area contributed by atoms with E-state index in [0.717, 1.165) is 11.1 Å². The lowest BCUT2D eigenvalue weighted by molar-refractivity contribution is 0.0767. The van der Waals surface area contributed by atoms with E-state index in [4.69, 9.17) is 11.6 Å². The monoisotopic (exact) mass is 258 g/mol. The van der Waals surface area contributed by atoms with Gasteiger partial charge in [0.25, 0.3) is 5.91 Å². The molecule has 3 rings (SSSR count). The molecule has 0 atom stereocenters. The number of hydrogen-bond donors (Lipinski definition) is 0. The highest BCUT2D eigenvalue weighted by molar-refractivity contribution is 6.30. The smallest absolute Gasteiger partial charge is 0.254 e. The van der Waals surface area contributed by atoms with Gasteiger partial charge in [-0.25, -0.2) is 4.98 Å². The first kappa shape index (κ1) is 11.2. The predicted molar refractivity (Wildman–Crippen MR) is 69.3 cm³/mol. The van der Waals surface area contributed by atoms with Crippen molar-refractivity contribution in [3.05, 3.63) is 64.4 Å². The SMILES string of the molecule is O=C1c2ccnc(Cl)c2CN1Cc1ccccc1. The van der Waals surface area contributed by atoms with Gasteiger partial charge in [0.2, 0.25) is 0 Å². The van der Waals surface area contributed by atoms with Crippen molar-refractivity contribution in [1.29, 1.82) is 0 Å². The van der Waals surface area contributed by atoms with E-state index in [1.165, 1.54) is 0 Å². The van der Waals surface area contributed by atoms with E-state index < -0.39 is 0 Å². The van der Waals surface area contributed by atoms with Crippen LogP contribution in [0.4, 0.5) is 0 Å². The maximum atomic E-state index is 12.2. The van der Waals surface area contributed by atoms with Gasteiger partial charge in [-0.05, 0) is 11.6 Å². The number of aromatic nitrogens is 1. The van der Waals surface area contributed by atoms with Gasteiger partial charge in [-0.2, -0.15) is 0 Å². The number of hydrogen-bond acceptors (Lipinski definition) is 2. The first-order valence-electron chi connectivity index (χ1n) is 5.72. The third-order valence-corrected chi connectivity index (χ3v) is 3.41. The van der Waals surface area contributed by atoms with E-state index in [-0.39, 0.29) is 5.91 Å². The van der Waals surface area contributed by atoms with Crippen LogP contribution in [-0.4, -0.2) is 15.8 Å². The topological polar surface area (TPSA) is 33.2 Å².